The summed E-state index contributed by atoms with van der Waals surface area (Å²) in [6.07, 6.45) is 8.16. The first-order valence-corrected chi connectivity index (χ1v) is 16.4. The third kappa shape index (κ3) is 4.29. The van der Waals surface area contributed by atoms with Crippen molar-refractivity contribution in [2.45, 2.75) is 122 Å². The molecular formula is C27H50O5Si. The van der Waals surface area contributed by atoms with Gasteiger partial charge in [-0.05, 0) is 86.2 Å². The van der Waals surface area contributed by atoms with E-state index in [4.69, 9.17) is 13.9 Å². The molecule has 0 aromatic rings. The lowest BCUT2D eigenvalue weighted by atomic mass is 9.52. The summed E-state index contributed by atoms with van der Waals surface area (Å²) in [5, 5.41) is 21.2. The summed E-state index contributed by atoms with van der Waals surface area (Å²) in [5.41, 5.74) is 0.133. The molecule has 0 bridgehead atoms. The van der Waals surface area contributed by atoms with Gasteiger partial charge in [-0.25, -0.2) is 0 Å². The summed E-state index contributed by atoms with van der Waals surface area (Å²) in [5.74, 6) is 0.892. The number of ether oxygens (including phenoxy) is 2. The Balaban J connectivity index is 1.50. The van der Waals surface area contributed by atoms with Crippen LogP contribution in [0.5, 0.6) is 0 Å². The van der Waals surface area contributed by atoms with Gasteiger partial charge in [-0.1, -0.05) is 34.6 Å². The molecule has 0 amide bonds. The number of hydrogen-bond donors (Lipinski definition) is 2. The van der Waals surface area contributed by atoms with Crippen molar-refractivity contribution in [2.24, 2.45) is 28.6 Å². The average Bonchev–Trinajstić information content (AvgIpc) is 3.34. The molecule has 7 atom stereocenters. The van der Waals surface area contributed by atoms with Gasteiger partial charge in [0.05, 0.1) is 25.9 Å². The zero-order chi connectivity index (χ0) is 24.3. The fraction of sp³-hybridized carbons (Fsp3) is 1.00. The van der Waals surface area contributed by atoms with Gasteiger partial charge >= 0.3 is 0 Å². The minimum Gasteiger partial charge on any atom is -0.414 e. The quantitative estimate of drug-likeness (QED) is 0.507. The van der Waals surface area contributed by atoms with Crippen LogP contribution in [-0.4, -0.2) is 56.3 Å². The van der Waals surface area contributed by atoms with Gasteiger partial charge in [-0.2, -0.15) is 0 Å². The number of aliphatic hydroxyl groups excluding tert-OH is 2. The first kappa shape index (κ1) is 26.1. The van der Waals surface area contributed by atoms with Crippen LogP contribution in [0.3, 0.4) is 0 Å². The summed E-state index contributed by atoms with van der Waals surface area (Å²) < 4.78 is 19.3. The highest BCUT2D eigenvalue weighted by molar-refractivity contribution is 6.74. The van der Waals surface area contributed by atoms with E-state index in [2.05, 4.69) is 47.7 Å². The SMILES string of the molecule is CC(C)(C)[Si](C)(C)OC1CC[C@](C)(C2CC[C@@]3(C)C(CCC34OCCO4)C2)[C@@H](C(O)CO)C1. The van der Waals surface area contributed by atoms with Crippen molar-refractivity contribution in [1.82, 2.24) is 0 Å². The Kier molecular flexibility index (Phi) is 6.99. The summed E-state index contributed by atoms with van der Waals surface area (Å²) in [7, 11) is -1.87. The highest BCUT2D eigenvalue weighted by Gasteiger charge is 2.64. The van der Waals surface area contributed by atoms with Crippen molar-refractivity contribution in [3.8, 4) is 0 Å². The molecular weight excluding hydrogens is 432 g/mol. The first-order chi connectivity index (χ1) is 15.3. The van der Waals surface area contributed by atoms with E-state index >= 15 is 0 Å². The van der Waals surface area contributed by atoms with Crippen LogP contribution in [0.4, 0.5) is 0 Å². The lowest BCUT2D eigenvalue weighted by molar-refractivity contribution is -0.237. The molecule has 1 spiro atoms. The highest BCUT2D eigenvalue weighted by atomic mass is 28.4. The largest absolute Gasteiger partial charge is 0.414 e. The molecule has 192 valence electrons. The van der Waals surface area contributed by atoms with Crippen molar-refractivity contribution >= 4 is 8.32 Å². The molecule has 33 heavy (non-hydrogen) atoms. The predicted molar refractivity (Wildman–Crippen MR) is 133 cm³/mol. The Morgan fingerprint density at radius 1 is 0.970 bits per heavy atom. The number of hydrogen-bond acceptors (Lipinski definition) is 5. The molecule has 4 unspecified atom stereocenters. The summed E-state index contributed by atoms with van der Waals surface area (Å²) in [6.45, 7) is 17.6. The first-order valence-electron chi connectivity index (χ1n) is 13.5. The monoisotopic (exact) mass is 482 g/mol. The van der Waals surface area contributed by atoms with Crippen LogP contribution >= 0.6 is 0 Å². The van der Waals surface area contributed by atoms with Gasteiger partial charge in [0.1, 0.15) is 0 Å². The topological polar surface area (TPSA) is 68.2 Å². The summed E-state index contributed by atoms with van der Waals surface area (Å²) in [4.78, 5) is 0. The van der Waals surface area contributed by atoms with Gasteiger partial charge in [-0.3, -0.25) is 0 Å². The van der Waals surface area contributed by atoms with Crippen LogP contribution in [-0.2, 0) is 13.9 Å². The van der Waals surface area contributed by atoms with E-state index in [0.717, 1.165) is 51.7 Å². The molecule has 0 radical (unpaired) electrons. The molecule has 2 N–H and O–H groups in total. The summed E-state index contributed by atoms with van der Waals surface area (Å²) in [6, 6.07) is 0. The van der Waals surface area contributed by atoms with Crippen LogP contribution in [0.1, 0.15) is 86.0 Å². The fourth-order valence-corrected chi connectivity index (χ4v) is 9.17. The molecule has 4 aliphatic rings. The molecule has 4 rings (SSSR count). The molecule has 1 saturated heterocycles. The lowest BCUT2D eigenvalue weighted by Gasteiger charge is -2.56. The molecule has 1 heterocycles. The van der Waals surface area contributed by atoms with E-state index in [1.54, 1.807) is 0 Å². The second-order valence-electron chi connectivity index (χ2n) is 13.7. The van der Waals surface area contributed by atoms with E-state index in [1.807, 2.05) is 0 Å². The maximum Gasteiger partial charge on any atom is 0.192 e. The normalized spacial score (nSPS) is 42.5. The van der Waals surface area contributed by atoms with Gasteiger partial charge in [0.2, 0.25) is 0 Å². The van der Waals surface area contributed by atoms with Crippen molar-refractivity contribution in [1.29, 1.82) is 0 Å². The second-order valence-corrected chi connectivity index (χ2v) is 18.5. The van der Waals surface area contributed by atoms with E-state index in [1.165, 1.54) is 12.8 Å². The smallest absolute Gasteiger partial charge is 0.192 e. The molecule has 5 nitrogen and oxygen atoms in total. The van der Waals surface area contributed by atoms with Crippen LogP contribution < -0.4 is 0 Å². The number of fused-ring (bicyclic) bond motifs is 2. The zero-order valence-electron chi connectivity index (χ0n) is 22.3. The fourth-order valence-electron chi connectivity index (χ4n) is 7.77. The Bertz CT molecular complexity index is 699. The van der Waals surface area contributed by atoms with E-state index in [0.29, 0.717) is 11.8 Å². The van der Waals surface area contributed by atoms with Crippen LogP contribution in [0.2, 0.25) is 18.1 Å². The van der Waals surface area contributed by atoms with E-state index < -0.39 is 14.4 Å². The average molecular weight is 483 g/mol. The third-order valence-corrected chi connectivity index (χ3v) is 15.7. The van der Waals surface area contributed by atoms with Crippen molar-refractivity contribution < 1.29 is 24.1 Å². The summed E-state index contributed by atoms with van der Waals surface area (Å²) >= 11 is 0. The van der Waals surface area contributed by atoms with Crippen molar-refractivity contribution in [3.05, 3.63) is 0 Å². The van der Waals surface area contributed by atoms with Gasteiger partial charge in [0.25, 0.3) is 0 Å². The molecule has 4 fully saturated rings. The lowest BCUT2D eigenvalue weighted by Crippen LogP contribution is -2.54. The van der Waals surface area contributed by atoms with Gasteiger partial charge in [0.15, 0.2) is 14.1 Å². The molecule has 6 heteroatoms. The molecule has 3 aliphatic carbocycles. The van der Waals surface area contributed by atoms with Crippen LogP contribution in [0.25, 0.3) is 0 Å². The maximum atomic E-state index is 11.0. The number of aliphatic hydroxyl groups is 2. The van der Waals surface area contributed by atoms with Crippen LogP contribution in [0, 0.1) is 28.6 Å². The van der Waals surface area contributed by atoms with Crippen molar-refractivity contribution in [2.75, 3.05) is 19.8 Å². The maximum absolute atomic E-state index is 11.0. The Morgan fingerprint density at radius 3 is 2.21 bits per heavy atom. The Hall–Kier alpha value is 0.0169. The Morgan fingerprint density at radius 2 is 1.61 bits per heavy atom. The number of rotatable bonds is 5. The molecule has 3 saturated carbocycles. The van der Waals surface area contributed by atoms with Crippen molar-refractivity contribution in [3.63, 3.8) is 0 Å². The molecule has 0 aromatic heterocycles. The van der Waals surface area contributed by atoms with Gasteiger partial charge < -0.3 is 24.1 Å². The van der Waals surface area contributed by atoms with Gasteiger partial charge in [0, 0.05) is 17.9 Å². The highest BCUT2D eigenvalue weighted by Crippen LogP contribution is 2.65. The molecule has 1 aliphatic heterocycles. The molecule has 0 aromatic carbocycles. The van der Waals surface area contributed by atoms with Gasteiger partial charge in [-0.15, -0.1) is 0 Å². The second kappa shape index (κ2) is 8.84. The zero-order valence-corrected chi connectivity index (χ0v) is 23.3. The predicted octanol–water partition coefficient (Wildman–Crippen LogP) is 5.50. The van der Waals surface area contributed by atoms with Crippen LogP contribution in [0.15, 0.2) is 0 Å². The van der Waals surface area contributed by atoms with E-state index in [9.17, 15) is 10.2 Å². The third-order valence-electron chi connectivity index (χ3n) is 11.1. The standard InChI is InChI=1S/C27H50O5Si/c1-24(2,3)33(6,7)32-21-10-11-25(4,22(17-21)23(29)18-28)19-8-12-26(5)20(16-19)9-13-27(26)30-14-15-31-27/h19-23,28-29H,8-18H2,1-7H3/t19?,20?,21?,22-,23?,25-,26+/m1/s1. The Labute approximate surface area is 203 Å². The minimum absolute atomic E-state index is 0.0317. The minimum atomic E-state index is -1.87. The van der Waals surface area contributed by atoms with E-state index in [-0.39, 0.29) is 40.3 Å².